The molecule has 21 heavy (non-hydrogen) atoms. The van der Waals surface area contributed by atoms with Gasteiger partial charge in [0, 0.05) is 18.8 Å². The zero-order valence-corrected chi connectivity index (χ0v) is 13.1. The molecule has 0 saturated heterocycles. The van der Waals surface area contributed by atoms with Gasteiger partial charge in [-0.1, -0.05) is 32.6 Å². The van der Waals surface area contributed by atoms with E-state index in [1.807, 2.05) is 10.8 Å². The number of imidazole rings is 1. The SMILES string of the molecule is CCCNCc1cn(CC(=O)NC2CCCCCC2)cn1. The number of aromatic nitrogens is 2. The second-order valence-electron chi connectivity index (χ2n) is 5.97. The smallest absolute Gasteiger partial charge is 0.240 e. The molecule has 1 saturated carbocycles. The third-order valence-electron chi connectivity index (χ3n) is 3.97. The van der Waals surface area contributed by atoms with E-state index in [9.17, 15) is 4.79 Å². The van der Waals surface area contributed by atoms with Gasteiger partial charge in [0.2, 0.25) is 5.91 Å². The van der Waals surface area contributed by atoms with Crippen LogP contribution < -0.4 is 10.6 Å². The van der Waals surface area contributed by atoms with E-state index in [-0.39, 0.29) is 5.91 Å². The van der Waals surface area contributed by atoms with Crippen molar-refractivity contribution < 1.29 is 4.79 Å². The van der Waals surface area contributed by atoms with Crippen molar-refractivity contribution in [1.29, 1.82) is 0 Å². The Morgan fingerprint density at radius 1 is 1.33 bits per heavy atom. The normalized spacial score (nSPS) is 16.6. The summed E-state index contributed by atoms with van der Waals surface area (Å²) >= 11 is 0. The fourth-order valence-corrected chi connectivity index (χ4v) is 2.84. The van der Waals surface area contributed by atoms with E-state index in [1.54, 1.807) is 6.33 Å². The molecule has 0 aromatic carbocycles. The number of carbonyl (C=O) groups excluding carboxylic acids is 1. The highest BCUT2D eigenvalue weighted by molar-refractivity contribution is 5.76. The molecule has 2 rings (SSSR count). The minimum absolute atomic E-state index is 0.104. The molecule has 5 heteroatoms. The van der Waals surface area contributed by atoms with Gasteiger partial charge in [0.25, 0.3) is 0 Å². The van der Waals surface area contributed by atoms with Gasteiger partial charge in [0.15, 0.2) is 0 Å². The first-order chi connectivity index (χ1) is 10.3. The molecule has 0 spiro atoms. The fourth-order valence-electron chi connectivity index (χ4n) is 2.84. The summed E-state index contributed by atoms with van der Waals surface area (Å²) in [5.41, 5.74) is 0.991. The summed E-state index contributed by atoms with van der Waals surface area (Å²) in [5.74, 6) is 0.104. The predicted molar refractivity (Wildman–Crippen MR) is 83.9 cm³/mol. The van der Waals surface area contributed by atoms with Crippen LogP contribution in [0, 0.1) is 0 Å². The Morgan fingerprint density at radius 3 is 2.81 bits per heavy atom. The quantitative estimate of drug-likeness (QED) is 0.598. The van der Waals surface area contributed by atoms with Crippen LogP contribution >= 0.6 is 0 Å². The molecule has 1 fully saturated rings. The van der Waals surface area contributed by atoms with Crippen molar-refractivity contribution in [3.63, 3.8) is 0 Å². The minimum atomic E-state index is 0.104. The third-order valence-corrected chi connectivity index (χ3v) is 3.97. The van der Waals surface area contributed by atoms with Gasteiger partial charge >= 0.3 is 0 Å². The van der Waals surface area contributed by atoms with Crippen molar-refractivity contribution >= 4 is 5.91 Å². The van der Waals surface area contributed by atoms with Crippen molar-refractivity contribution in [2.75, 3.05) is 6.54 Å². The summed E-state index contributed by atoms with van der Waals surface area (Å²) in [4.78, 5) is 16.4. The Kier molecular flexibility index (Phi) is 6.73. The molecule has 1 aliphatic rings. The second kappa shape index (κ2) is 8.82. The number of rotatable bonds is 7. The van der Waals surface area contributed by atoms with Crippen LogP contribution in [-0.4, -0.2) is 28.0 Å². The van der Waals surface area contributed by atoms with E-state index in [1.165, 1.54) is 25.7 Å². The molecule has 0 bridgehead atoms. The number of hydrogen-bond acceptors (Lipinski definition) is 3. The van der Waals surface area contributed by atoms with Crippen LogP contribution in [0.2, 0.25) is 0 Å². The second-order valence-corrected chi connectivity index (χ2v) is 5.97. The van der Waals surface area contributed by atoms with Crippen LogP contribution in [0.4, 0.5) is 0 Å². The monoisotopic (exact) mass is 292 g/mol. The van der Waals surface area contributed by atoms with Gasteiger partial charge in [-0.2, -0.15) is 0 Å². The summed E-state index contributed by atoms with van der Waals surface area (Å²) in [6.45, 7) is 4.28. The van der Waals surface area contributed by atoms with Crippen molar-refractivity contribution in [1.82, 2.24) is 20.2 Å². The van der Waals surface area contributed by atoms with E-state index in [0.29, 0.717) is 12.6 Å². The maximum absolute atomic E-state index is 12.1. The van der Waals surface area contributed by atoms with Crippen LogP contribution in [0.25, 0.3) is 0 Å². The molecule has 1 heterocycles. The maximum atomic E-state index is 12.1. The standard InChI is InChI=1S/C16H28N4O/c1-2-9-17-10-15-11-20(13-18-15)12-16(21)19-14-7-5-3-4-6-8-14/h11,13-14,17H,2-10,12H2,1H3,(H,19,21). The number of carbonyl (C=O) groups is 1. The van der Waals surface area contributed by atoms with Crippen LogP contribution in [-0.2, 0) is 17.9 Å². The molecule has 1 aromatic heterocycles. The lowest BCUT2D eigenvalue weighted by molar-refractivity contribution is -0.122. The number of nitrogens with one attached hydrogen (secondary N) is 2. The highest BCUT2D eigenvalue weighted by Gasteiger charge is 2.14. The van der Waals surface area contributed by atoms with Crippen molar-refractivity contribution in [3.8, 4) is 0 Å². The van der Waals surface area contributed by atoms with Crippen molar-refractivity contribution in [2.45, 2.75) is 71.0 Å². The molecule has 0 unspecified atom stereocenters. The Balaban J connectivity index is 1.74. The average Bonchev–Trinajstić information content (AvgIpc) is 2.74. The molecular formula is C16H28N4O. The van der Waals surface area contributed by atoms with Crippen LogP contribution in [0.5, 0.6) is 0 Å². The Bertz CT molecular complexity index is 422. The molecule has 0 atom stereocenters. The van der Waals surface area contributed by atoms with Gasteiger partial charge in [-0.15, -0.1) is 0 Å². The van der Waals surface area contributed by atoms with Gasteiger partial charge in [-0.05, 0) is 25.8 Å². The van der Waals surface area contributed by atoms with E-state index in [2.05, 4.69) is 22.5 Å². The molecule has 5 nitrogen and oxygen atoms in total. The first-order valence-corrected chi connectivity index (χ1v) is 8.28. The van der Waals surface area contributed by atoms with Gasteiger partial charge < -0.3 is 15.2 Å². The topological polar surface area (TPSA) is 59.0 Å². The third kappa shape index (κ3) is 5.87. The van der Waals surface area contributed by atoms with Gasteiger partial charge in [-0.25, -0.2) is 4.98 Å². The molecule has 0 aliphatic heterocycles. The number of nitrogens with zero attached hydrogens (tertiary/aromatic N) is 2. The van der Waals surface area contributed by atoms with E-state index in [4.69, 9.17) is 0 Å². The first-order valence-electron chi connectivity index (χ1n) is 8.28. The molecule has 118 valence electrons. The molecule has 0 radical (unpaired) electrons. The van der Waals surface area contributed by atoms with Crippen molar-refractivity contribution in [2.24, 2.45) is 0 Å². The van der Waals surface area contributed by atoms with Crippen LogP contribution in [0.1, 0.15) is 57.6 Å². The van der Waals surface area contributed by atoms with Gasteiger partial charge in [-0.3, -0.25) is 4.79 Å². The highest BCUT2D eigenvalue weighted by Crippen LogP contribution is 2.17. The summed E-state index contributed by atoms with van der Waals surface area (Å²) in [6, 6.07) is 0.370. The summed E-state index contributed by atoms with van der Waals surface area (Å²) in [5, 5.41) is 6.48. The van der Waals surface area contributed by atoms with Gasteiger partial charge in [0.05, 0.1) is 12.0 Å². The summed E-state index contributed by atoms with van der Waals surface area (Å²) in [6.07, 6.45) is 12.2. The highest BCUT2D eigenvalue weighted by atomic mass is 16.2. The molecule has 1 amide bonds. The van der Waals surface area contributed by atoms with Gasteiger partial charge in [0.1, 0.15) is 6.54 Å². The Labute approximate surface area is 127 Å². The predicted octanol–water partition coefficient (Wildman–Crippen LogP) is 2.22. The zero-order chi connectivity index (χ0) is 14.9. The Hall–Kier alpha value is -1.36. The largest absolute Gasteiger partial charge is 0.352 e. The minimum Gasteiger partial charge on any atom is -0.352 e. The molecule has 1 aromatic rings. The van der Waals surface area contributed by atoms with Crippen molar-refractivity contribution in [3.05, 3.63) is 18.2 Å². The van der Waals surface area contributed by atoms with E-state index >= 15 is 0 Å². The fraction of sp³-hybridized carbons (Fsp3) is 0.750. The average molecular weight is 292 g/mol. The zero-order valence-electron chi connectivity index (χ0n) is 13.1. The summed E-state index contributed by atoms with van der Waals surface area (Å²) < 4.78 is 1.87. The molecule has 1 aliphatic carbocycles. The number of hydrogen-bond donors (Lipinski definition) is 2. The lowest BCUT2D eigenvalue weighted by atomic mass is 10.1. The maximum Gasteiger partial charge on any atom is 0.240 e. The summed E-state index contributed by atoms with van der Waals surface area (Å²) in [7, 11) is 0. The van der Waals surface area contributed by atoms with E-state index in [0.717, 1.165) is 38.0 Å². The first kappa shape index (κ1) is 16.0. The van der Waals surface area contributed by atoms with E-state index < -0.39 is 0 Å². The van der Waals surface area contributed by atoms with Crippen LogP contribution in [0.15, 0.2) is 12.5 Å². The lowest BCUT2D eigenvalue weighted by Crippen LogP contribution is -2.36. The van der Waals surface area contributed by atoms with Crippen LogP contribution in [0.3, 0.4) is 0 Å². The Morgan fingerprint density at radius 2 is 2.10 bits per heavy atom. The lowest BCUT2D eigenvalue weighted by Gasteiger charge is -2.16. The molecular weight excluding hydrogens is 264 g/mol. The molecule has 2 N–H and O–H groups in total. The number of amides is 1.